The van der Waals surface area contributed by atoms with Gasteiger partial charge in [0.15, 0.2) is 0 Å². The van der Waals surface area contributed by atoms with E-state index in [9.17, 15) is 4.79 Å². The van der Waals surface area contributed by atoms with Crippen LogP contribution in [0.25, 0.3) is 0 Å². The lowest BCUT2D eigenvalue weighted by Gasteiger charge is -2.34. The van der Waals surface area contributed by atoms with Gasteiger partial charge in [0.1, 0.15) is 0 Å². The van der Waals surface area contributed by atoms with E-state index < -0.39 is 5.97 Å². The van der Waals surface area contributed by atoms with E-state index in [1.165, 1.54) is 11.8 Å². The van der Waals surface area contributed by atoms with Gasteiger partial charge in [0.05, 0.1) is 11.8 Å². The normalized spacial score (nSPS) is 19.9. The molecule has 0 radical (unpaired) electrons. The van der Waals surface area contributed by atoms with E-state index in [0.717, 1.165) is 25.7 Å². The lowest BCUT2D eigenvalue weighted by molar-refractivity contribution is -0.133. The Hall–Kier alpha value is -1.11. The molecule has 0 unspecified atom stereocenters. The van der Waals surface area contributed by atoms with E-state index in [0.29, 0.717) is 16.6 Å². The molecule has 0 spiro atoms. The number of aromatic nitrogens is 4. The van der Waals surface area contributed by atoms with Crippen LogP contribution in [0, 0.1) is 5.41 Å². The second kappa shape index (κ2) is 5.26. The first-order valence-electron chi connectivity index (χ1n) is 6.10. The molecule has 1 N–H and O–H groups in total. The van der Waals surface area contributed by atoms with Crippen LogP contribution in [0.2, 0.25) is 0 Å². The lowest BCUT2D eigenvalue weighted by Crippen LogP contribution is -2.24. The predicted molar refractivity (Wildman–Crippen MR) is 67.5 cm³/mol. The van der Waals surface area contributed by atoms with Crippen LogP contribution in [0.4, 0.5) is 0 Å². The maximum Gasteiger partial charge on any atom is 0.313 e. The van der Waals surface area contributed by atoms with Crippen molar-refractivity contribution in [1.82, 2.24) is 20.2 Å². The number of hydrogen-bond donors (Lipinski definition) is 1. The minimum Gasteiger partial charge on any atom is -0.481 e. The van der Waals surface area contributed by atoms with Crippen LogP contribution in [0.5, 0.6) is 0 Å². The van der Waals surface area contributed by atoms with Crippen LogP contribution in [0.3, 0.4) is 0 Å². The Kier molecular flexibility index (Phi) is 3.89. The molecule has 0 aliphatic heterocycles. The number of carboxylic acid groups (broad SMARTS) is 1. The van der Waals surface area contributed by atoms with Crippen LogP contribution in [-0.2, 0) is 4.79 Å². The van der Waals surface area contributed by atoms with Crippen molar-refractivity contribution >= 4 is 17.7 Å². The molecule has 1 saturated carbocycles. The van der Waals surface area contributed by atoms with Crippen LogP contribution < -0.4 is 0 Å². The van der Waals surface area contributed by atoms with Gasteiger partial charge in [-0.05, 0) is 41.5 Å². The number of thioether (sulfide) groups is 1. The smallest absolute Gasteiger partial charge is 0.313 e. The number of hydrogen-bond acceptors (Lipinski definition) is 5. The van der Waals surface area contributed by atoms with Gasteiger partial charge in [0, 0.05) is 0 Å². The van der Waals surface area contributed by atoms with E-state index >= 15 is 0 Å². The zero-order valence-corrected chi connectivity index (χ0v) is 11.5. The zero-order chi connectivity index (χ0) is 13.2. The van der Waals surface area contributed by atoms with Crippen molar-refractivity contribution in [3.8, 4) is 0 Å². The van der Waals surface area contributed by atoms with Crippen molar-refractivity contribution in [2.45, 2.75) is 50.7 Å². The molecule has 7 heteroatoms. The molecule has 0 atom stereocenters. The number of carboxylic acids is 1. The summed E-state index contributed by atoms with van der Waals surface area (Å²) in [6.07, 6.45) is 4.42. The summed E-state index contributed by atoms with van der Waals surface area (Å²) in [5.41, 5.74) is 0.402. The van der Waals surface area contributed by atoms with E-state index in [4.69, 9.17) is 5.11 Å². The minimum absolute atomic E-state index is 0.00140. The van der Waals surface area contributed by atoms with Crippen LogP contribution in [0.1, 0.15) is 45.6 Å². The van der Waals surface area contributed by atoms with Crippen molar-refractivity contribution in [3.05, 3.63) is 0 Å². The van der Waals surface area contributed by atoms with Crippen molar-refractivity contribution in [2.24, 2.45) is 5.41 Å². The quantitative estimate of drug-likeness (QED) is 0.843. The fourth-order valence-corrected chi connectivity index (χ4v) is 2.93. The van der Waals surface area contributed by atoms with E-state index in [2.05, 4.69) is 29.4 Å². The van der Waals surface area contributed by atoms with Gasteiger partial charge >= 0.3 is 5.97 Å². The molecule has 1 aromatic rings. The molecule has 0 bridgehead atoms. The molecule has 1 aliphatic carbocycles. The third-order valence-electron chi connectivity index (χ3n) is 3.44. The molecule has 0 amide bonds. The van der Waals surface area contributed by atoms with Crippen molar-refractivity contribution in [2.75, 3.05) is 5.75 Å². The first-order valence-corrected chi connectivity index (χ1v) is 7.09. The molecule has 0 aromatic carbocycles. The molecule has 6 nitrogen and oxygen atoms in total. The Balaban J connectivity index is 2.01. The predicted octanol–water partition coefficient (Wildman–Crippen LogP) is 1.99. The van der Waals surface area contributed by atoms with Gasteiger partial charge in [-0.2, -0.15) is 0 Å². The number of nitrogens with zero attached hydrogens (tertiary/aromatic N) is 4. The fraction of sp³-hybridized carbons (Fsp3) is 0.818. The highest BCUT2D eigenvalue weighted by Gasteiger charge is 2.29. The summed E-state index contributed by atoms with van der Waals surface area (Å²) in [7, 11) is 0. The van der Waals surface area contributed by atoms with Crippen LogP contribution in [-0.4, -0.2) is 37.0 Å². The Morgan fingerprint density at radius 2 is 2.17 bits per heavy atom. The average molecular weight is 270 g/mol. The highest BCUT2D eigenvalue weighted by molar-refractivity contribution is 7.99. The third-order valence-corrected chi connectivity index (χ3v) is 4.36. The summed E-state index contributed by atoms with van der Waals surface area (Å²) in [5.74, 6) is -0.849. The monoisotopic (exact) mass is 270 g/mol. The summed E-state index contributed by atoms with van der Waals surface area (Å²) < 4.78 is 1.79. The summed E-state index contributed by atoms with van der Waals surface area (Å²) in [5, 5.41) is 20.9. The van der Waals surface area contributed by atoms with Gasteiger partial charge in [-0.25, -0.2) is 4.68 Å². The van der Waals surface area contributed by atoms with E-state index in [1.54, 1.807) is 4.68 Å². The minimum atomic E-state index is -0.848. The topological polar surface area (TPSA) is 80.9 Å². The molecule has 18 heavy (non-hydrogen) atoms. The largest absolute Gasteiger partial charge is 0.481 e. The zero-order valence-electron chi connectivity index (χ0n) is 10.7. The fourth-order valence-electron chi connectivity index (χ4n) is 2.26. The maximum atomic E-state index is 10.6. The second-order valence-electron chi connectivity index (χ2n) is 5.48. The summed E-state index contributed by atoms with van der Waals surface area (Å²) in [6, 6.07) is 0.310. The Morgan fingerprint density at radius 1 is 1.50 bits per heavy atom. The number of aliphatic carboxylic acids is 1. The lowest BCUT2D eigenvalue weighted by atomic mass is 9.76. The molecule has 1 heterocycles. The van der Waals surface area contributed by atoms with Gasteiger partial charge in [-0.15, -0.1) is 5.10 Å². The van der Waals surface area contributed by atoms with Crippen LogP contribution in [0.15, 0.2) is 5.16 Å². The standard InChI is InChI=1S/C11H18N4O2S/c1-11(2)5-3-8(4-6-11)15-10(12-13-14-15)18-7-9(16)17/h8H,3-7H2,1-2H3,(H,16,17). The Labute approximate surface area is 110 Å². The summed E-state index contributed by atoms with van der Waals surface area (Å²) in [4.78, 5) is 10.6. The average Bonchev–Trinajstić information content (AvgIpc) is 2.74. The molecule has 1 aliphatic rings. The number of rotatable bonds is 4. The first-order chi connectivity index (χ1) is 8.48. The SMILES string of the molecule is CC1(C)CCC(n2nnnc2SCC(=O)O)CC1. The van der Waals surface area contributed by atoms with Gasteiger partial charge in [0.2, 0.25) is 5.16 Å². The maximum absolute atomic E-state index is 10.6. The molecule has 0 saturated heterocycles. The van der Waals surface area contributed by atoms with Gasteiger partial charge in [0.25, 0.3) is 0 Å². The molecule has 1 fully saturated rings. The molecule has 2 rings (SSSR count). The van der Waals surface area contributed by atoms with Crippen LogP contribution >= 0.6 is 11.8 Å². The molecular formula is C11H18N4O2S. The number of carbonyl (C=O) groups is 1. The van der Waals surface area contributed by atoms with Gasteiger partial charge in [-0.3, -0.25) is 4.79 Å². The van der Waals surface area contributed by atoms with E-state index in [1.807, 2.05) is 0 Å². The van der Waals surface area contributed by atoms with Gasteiger partial charge in [-0.1, -0.05) is 25.6 Å². The van der Waals surface area contributed by atoms with E-state index in [-0.39, 0.29) is 5.75 Å². The van der Waals surface area contributed by atoms with Crippen molar-refractivity contribution in [1.29, 1.82) is 0 Å². The second-order valence-corrected chi connectivity index (χ2v) is 6.43. The van der Waals surface area contributed by atoms with Crippen molar-refractivity contribution in [3.63, 3.8) is 0 Å². The van der Waals surface area contributed by atoms with Crippen molar-refractivity contribution < 1.29 is 9.90 Å². The Bertz CT molecular complexity index is 422. The summed E-state index contributed by atoms with van der Waals surface area (Å²) >= 11 is 1.18. The number of tetrazole rings is 1. The molecule has 1 aromatic heterocycles. The molecule has 100 valence electrons. The third kappa shape index (κ3) is 3.22. The molecular weight excluding hydrogens is 252 g/mol. The Morgan fingerprint density at radius 3 is 2.78 bits per heavy atom. The highest BCUT2D eigenvalue weighted by Crippen LogP contribution is 2.40. The highest BCUT2D eigenvalue weighted by atomic mass is 32.2. The summed E-state index contributed by atoms with van der Waals surface area (Å²) in [6.45, 7) is 4.56. The van der Waals surface area contributed by atoms with Gasteiger partial charge < -0.3 is 5.11 Å². The first kappa shape index (κ1) is 13.3.